The Morgan fingerprint density at radius 1 is 1.27 bits per heavy atom. The van der Waals surface area contributed by atoms with Crippen LogP contribution in [-0.4, -0.2) is 39.9 Å². The Morgan fingerprint density at radius 3 is 2.63 bits per heavy atom. The zero-order valence-electron chi connectivity index (χ0n) is 17.6. The first kappa shape index (κ1) is 20.6. The maximum atomic E-state index is 13.4. The number of imide groups is 1. The number of hydrogen-bond acceptors (Lipinski definition) is 5. The molecule has 3 heterocycles. The van der Waals surface area contributed by atoms with Gasteiger partial charge in [-0.25, -0.2) is 0 Å². The number of unbranched alkanes of at least 4 members (excludes halogenated alkanes) is 1. The van der Waals surface area contributed by atoms with E-state index >= 15 is 0 Å². The molecule has 160 valence electrons. The number of aliphatic carboxylic acids is 1. The lowest BCUT2D eigenvalue weighted by Gasteiger charge is -2.35. The van der Waals surface area contributed by atoms with Crippen molar-refractivity contribution in [2.24, 2.45) is 17.8 Å². The molecule has 2 saturated heterocycles. The number of carbonyl (C=O) groups excluding carboxylic acids is 2. The molecule has 2 N–H and O–H groups in total. The van der Waals surface area contributed by atoms with E-state index in [1.54, 1.807) is 0 Å². The third kappa shape index (κ3) is 2.79. The van der Waals surface area contributed by atoms with Crippen LogP contribution in [0.2, 0.25) is 0 Å². The summed E-state index contributed by atoms with van der Waals surface area (Å²) in [6.07, 6.45) is 2.10. The van der Waals surface area contributed by atoms with Crippen LogP contribution in [0.1, 0.15) is 51.8 Å². The summed E-state index contributed by atoms with van der Waals surface area (Å²) >= 11 is 0. The van der Waals surface area contributed by atoms with Crippen molar-refractivity contribution in [1.82, 2.24) is 10.2 Å². The monoisotopic (exact) mass is 412 g/mol. The first-order valence-electron chi connectivity index (χ1n) is 10.7. The second-order valence-electron chi connectivity index (χ2n) is 8.48. The van der Waals surface area contributed by atoms with Gasteiger partial charge in [0.1, 0.15) is 16.9 Å². The summed E-state index contributed by atoms with van der Waals surface area (Å²) in [6.45, 7) is 6.04. The van der Waals surface area contributed by atoms with Crippen LogP contribution in [0.3, 0.4) is 0 Å². The lowest BCUT2D eigenvalue weighted by atomic mass is 9.72. The Kier molecular flexibility index (Phi) is 5.18. The quantitative estimate of drug-likeness (QED) is 0.677. The van der Waals surface area contributed by atoms with Crippen molar-refractivity contribution in [1.29, 1.82) is 0 Å². The molecule has 0 aliphatic carbocycles. The van der Waals surface area contributed by atoms with Gasteiger partial charge in [-0.2, -0.15) is 0 Å². The molecule has 2 aromatic rings. The van der Waals surface area contributed by atoms with Gasteiger partial charge in [0.15, 0.2) is 0 Å². The van der Waals surface area contributed by atoms with Crippen LogP contribution >= 0.6 is 0 Å². The minimum atomic E-state index is -1.52. The normalized spacial score (nSPS) is 29.6. The fourth-order valence-corrected chi connectivity index (χ4v) is 5.12. The molecular formula is C23H28N2O5. The number of fused-ring (bicyclic) bond motifs is 2. The lowest BCUT2D eigenvalue weighted by molar-refractivity contribution is -0.154. The number of nitrogens with one attached hydrogen (secondary N) is 1. The molecule has 2 amide bonds. The van der Waals surface area contributed by atoms with Crippen molar-refractivity contribution in [2.75, 3.05) is 6.54 Å². The van der Waals surface area contributed by atoms with E-state index in [9.17, 15) is 19.5 Å². The minimum absolute atomic E-state index is 0.303. The number of carboxylic acid groups (broad SMARTS) is 1. The molecule has 7 heteroatoms. The van der Waals surface area contributed by atoms with Gasteiger partial charge in [0.25, 0.3) is 0 Å². The number of para-hydroxylation sites is 1. The van der Waals surface area contributed by atoms with E-state index in [4.69, 9.17) is 4.42 Å². The Balaban J connectivity index is 1.85. The smallest absolute Gasteiger partial charge is 0.325 e. The number of amides is 2. The van der Waals surface area contributed by atoms with Crippen LogP contribution in [0.25, 0.3) is 11.0 Å². The average molecular weight is 412 g/mol. The molecule has 2 fully saturated rings. The molecule has 0 bridgehead atoms. The Hall–Kier alpha value is -2.67. The molecule has 1 aromatic carbocycles. The SMILES string of the molecule is CCCCN1C(=O)C2C(c3cc4ccccc4o3)NC(C(=O)O)(C(C)CC)C2C1=O. The van der Waals surface area contributed by atoms with Crippen molar-refractivity contribution in [3.8, 4) is 0 Å². The molecular weight excluding hydrogens is 384 g/mol. The van der Waals surface area contributed by atoms with E-state index in [0.29, 0.717) is 30.7 Å². The molecule has 4 rings (SSSR count). The molecule has 5 atom stereocenters. The second kappa shape index (κ2) is 7.54. The predicted molar refractivity (Wildman–Crippen MR) is 111 cm³/mol. The molecule has 5 unspecified atom stereocenters. The van der Waals surface area contributed by atoms with Gasteiger partial charge in [-0.1, -0.05) is 51.8 Å². The minimum Gasteiger partial charge on any atom is -0.480 e. The highest BCUT2D eigenvalue weighted by atomic mass is 16.4. The van der Waals surface area contributed by atoms with Gasteiger partial charge in [-0.05, 0) is 24.5 Å². The van der Waals surface area contributed by atoms with Gasteiger partial charge in [0.05, 0.1) is 17.9 Å². The summed E-state index contributed by atoms with van der Waals surface area (Å²) in [7, 11) is 0. The standard InChI is InChI=1S/C23H28N2O5/c1-4-6-11-25-20(26)17-18(21(25)27)23(22(28)29,13(3)5-2)24-19(17)16-12-14-9-7-8-10-15(14)30-16/h7-10,12-13,17-19,24H,4-6,11H2,1-3H3,(H,28,29). The molecule has 2 aliphatic rings. The molecule has 0 saturated carbocycles. The topological polar surface area (TPSA) is 99.8 Å². The highest BCUT2D eigenvalue weighted by Crippen LogP contribution is 2.52. The fourth-order valence-electron chi connectivity index (χ4n) is 5.12. The van der Waals surface area contributed by atoms with Crippen LogP contribution in [0.15, 0.2) is 34.7 Å². The van der Waals surface area contributed by atoms with Crippen molar-refractivity contribution in [2.45, 2.75) is 51.6 Å². The molecule has 0 spiro atoms. The van der Waals surface area contributed by atoms with E-state index in [1.165, 1.54) is 4.90 Å². The number of carbonyl (C=O) groups is 3. The van der Waals surface area contributed by atoms with E-state index in [0.717, 1.165) is 11.8 Å². The molecule has 0 radical (unpaired) electrons. The highest BCUT2D eigenvalue weighted by Gasteiger charge is 2.70. The summed E-state index contributed by atoms with van der Waals surface area (Å²) in [5, 5.41) is 14.4. The number of benzene rings is 1. The van der Waals surface area contributed by atoms with Crippen molar-refractivity contribution in [3.63, 3.8) is 0 Å². The van der Waals surface area contributed by atoms with E-state index in [2.05, 4.69) is 5.32 Å². The molecule has 2 aliphatic heterocycles. The van der Waals surface area contributed by atoms with Crippen molar-refractivity contribution in [3.05, 3.63) is 36.1 Å². The van der Waals surface area contributed by atoms with Gasteiger partial charge >= 0.3 is 5.97 Å². The Bertz CT molecular complexity index is 965. The number of hydrogen-bond donors (Lipinski definition) is 2. The fraction of sp³-hybridized carbons (Fsp3) is 0.522. The first-order valence-corrected chi connectivity index (χ1v) is 10.7. The van der Waals surface area contributed by atoms with Crippen molar-refractivity contribution >= 4 is 28.8 Å². The van der Waals surface area contributed by atoms with Gasteiger partial charge < -0.3 is 9.52 Å². The molecule has 7 nitrogen and oxygen atoms in total. The third-order valence-electron chi connectivity index (χ3n) is 6.92. The molecule has 1 aromatic heterocycles. The summed E-state index contributed by atoms with van der Waals surface area (Å²) in [6, 6.07) is 8.66. The summed E-state index contributed by atoms with van der Waals surface area (Å²) in [5.41, 5.74) is -0.849. The predicted octanol–water partition coefficient (Wildman–Crippen LogP) is 3.35. The number of rotatable bonds is 7. The summed E-state index contributed by atoms with van der Waals surface area (Å²) in [5.74, 6) is -3.37. The number of carboxylic acids is 1. The van der Waals surface area contributed by atoms with E-state index in [-0.39, 0.29) is 17.7 Å². The average Bonchev–Trinajstić information content (AvgIpc) is 3.38. The zero-order chi connectivity index (χ0) is 21.6. The van der Waals surface area contributed by atoms with Gasteiger partial charge in [0.2, 0.25) is 11.8 Å². The largest absolute Gasteiger partial charge is 0.480 e. The van der Waals surface area contributed by atoms with Crippen LogP contribution in [0, 0.1) is 17.8 Å². The number of furan rings is 1. The van der Waals surface area contributed by atoms with Crippen LogP contribution < -0.4 is 5.32 Å². The van der Waals surface area contributed by atoms with Gasteiger partial charge in [-0.3, -0.25) is 24.6 Å². The third-order valence-corrected chi connectivity index (χ3v) is 6.92. The summed E-state index contributed by atoms with van der Waals surface area (Å²) in [4.78, 5) is 40.6. The summed E-state index contributed by atoms with van der Waals surface area (Å²) < 4.78 is 6.01. The maximum absolute atomic E-state index is 13.4. The Labute approximate surface area is 175 Å². The van der Waals surface area contributed by atoms with Crippen molar-refractivity contribution < 1.29 is 23.9 Å². The van der Waals surface area contributed by atoms with E-state index in [1.807, 2.05) is 51.1 Å². The first-order chi connectivity index (χ1) is 14.4. The second-order valence-corrected chi connectivity index (χ2v) is 8.48. The van der Waals surface area contributed by atoms with Crippen LogP contribution in [0.4, 0.5) is 0 Å². The van der Waals surface area contributed by atoms with Crippen LogP contribution in [-0.2, 0) is 14.4 Å². The maximum Gasteiger partial charge on any atom is 0.325 e. The zero-order valence-corrected chi connectivity index (χ0v) is 17.6. The lowest BCUT2D eigenvalue weighted by Crippen LogP contribution is -2.59. The number of nitrogens with zero attached hydrogens (tertiary/aromatic N) is 1. The highest BCUT2D eigenvalue weighted by molar-refractivity contribution is 6.09. The van der Waals surface area contributed by atoms with Crippen LogP contribution in [0.5, 0.6) is 0 Å². The van der Waals surface area contributed by atoms with Gasteiger partial charge in [-0.15, -0.1) is 0 Å². The van der Waals surface area contributed by atoms with Gasteiger partial charge in [0, 0.05) is 11.9 Å². The van der Waals surface area contributed by atoms with E-state index < -0.39 is 29.4 Å². The number of likely N-dealkylation sites (tertiary alicyclic amines) is 1. The molecule has 30 heavy (non-hydrogen) atoms. The Morgan fingerprint density at radius 2 is 2.00 bits per heavy atom.